The zero-order chi connectivity index (χ0) is 20.8. The largest absolute Gasteiger partial charge is 0.490 e. The standard InChI is InChI=1S/C23H30N4O3/c1-2-24-23(25-17-18-7-3-4-10-20(18)30-19-8-5-9-19)27-14-12-26(13-15-27)22(28)21-11-6-16-29-21/h3-4,6-7,10-11,16,19H,2,5,8-9,12-15,17H2,1H3,(H,24,25). The van der Waals surface area contributed by atoms with E-state index in [2.05, 4.69) is 23.2 Å². The van der Waals surface area contributed by atoms with Gasteiger partial charge in [-0.15, -0.1) is 0 Å². The molecule has 0 radical (unpaired) electrons. The highest BCUT2D eigenvalue weighted by Gasteiger charge is 2.25. The van der Waals surface area contributed by atoms with Crippen molar-refractivity contribution in [3.8, 4) is 5.75 Å². The number of benzene rings is 1. The van der Waals surface area contributed by atoms with Crippen molar-refractivity contribution in [1.29, 1.82) is 0 Å². The van der Waals surface area contributed by atoms with Crippen LogP contribution in [0.25, 0.3) is 0 Å². The summed E-state index contributed by atoms with van der Waals surface area (Å²) in [6.45, 7) is 6.19. The van der Waals surface area contributed by atoms with E-state index in [4.69, 9.17) is 14.1 Å². The summed E-state index contributed by atoms with van der Waals surface area (Å²) < 4.78 is 11.4. The van der Waals surface area contributed by atoms with E-state index in [0.29, 0.717) is 31.5 Å². The number of carbonyl (C=O) groups excluding carboxylic acids is 1. The van der Waals surface area contributed by atoms with E-state index in [9.17, 15) is 4.79 Å². The first kappa shape index (κ1) is 20.3. The zero-order valence-corrected chi connectivity index (χ0v) is 17.5. The average molecular weight is 411 g/mol. The van der Waals surface area contributed by atoms with Gasteiger partial charge >= 0.3 is 0 Å². The number of piperazine rings is 1. The van der Waals surface area contributed by atoms with Gasteiger partial charge in [0.15, 0.2) is 11.7 Å². The van der Waals surface area contributed by atoms with Gasteiger partial charge in [0.25, 0.3) is 5.91 Å². The van der Waals surface area contributed by atoms with Gasteiger partial charge in [-0.25, -0.2) is 4.99 Å². The molecule has 4 rings (SSSR count). The van der Waals surface area contributed by atoms with E-state index < -0.39 is 0 Å². The summed E-state index contributed by atoms with van der Waals surface area (Å²) in [5, 5.41) is 3.39. The Labute approximate surface area is 177 Å². The third kappa shape index (κ3) is 4.78. The number of carbonyl (C=O) groups is 1. The fourth-order valence-corrected chi connectivity index (χ4v) is 3.68. The summed E-state index contributed by atoms with van der Waals surface area (Å²) in [7, 11) is 0. The number of ether oxygens (including phenoxy) is 1. The summed E-state index contributed by atoms with van der Waals surface area (Å²) in [6.07, 6.45) is 5.42. The lowest BCUT2D eigenvalue weighted by Crippen LogP contribution is -2.53. The predicted molar refractivity (Wildman–Crippen MR) is 116 cm³/mol. The number of hydrogen-bond acceptors (Lipinski definition) is 4. The molecule has 1 aliphatic carbocycles. The van der Waals surface area contributed by atoms with Crippen LogP contribution in [0.1, 0.15) is 42.3 Å². The van der Waals surface area contributed by atoms with Crippen molar-refractivity contribution >= 4 is 11.9 Å². The average Bonchev–Trinajstić information content (AvgIpc) is 3.29. The smallest absolute Gasteiger partial charge is 0.289 e. The Morgan fingerprint density at radius 1 is 1.13 bits per heavy atom. The van der Waals surface area contributed by atoms with Gasteiger partial charge in [0.05, 0.1) is 18.9 Å². The minimum Gasteiger partial charge on any atom is -0.490 e. The van der Waals surface area contributed by atoms with E-state index >= 15 is 0 Å². The number of aliphatic imine (C=N–C) groups is 1. The maximum atomic E-state index is 12.5. The van der Waals surface area contributed by atoms with E-state index in [0.717, 1.165) is 49.7 Å². The van der Waals surface area contributed by atoms with Gasteiger partial charge in [0, 0.05) is 38.3 Å². The lowest BCUT2D eigenvalue weighted by Gasteiger charge is -2.36. The Morgan fingerprint density at radius 2 is 1.90 bits per heavy atom. The molecule has 160 valence electrons. The molecule has 2 aliphatic rings. The fourth-order valence-electron chi connectivity index (χ4n) is 3.68. The number of nitrogens with one attached hydrogen (secondary N) is 1. The van der Waals surface area contributed by atoms with E-state index in [1.807, 2.05) is 23.1 Å². The molecule has 0 unspecified atom stereocenters. The summed E-state index contributed by atoms with van der Waals surface area (Å²) in [4.78, 5) is 21.4. The van der Waals surface area contributed by atoms with Crippen molar-refractivity contribution in [2.75, 3.05) is 32.7 Å². The Hall–Kier alpha value is -2.96. The maximum Gasteiger partial charge on any atom is 0.289 e. The Bertz CT molecular complexity index is 853. The number of rotatable bonds is 6. The van der Waals surface area contributed by atoms with E-state index in [-0.39, 0.29) is 5.91 Å². The Balaban J connectivity index is 1.38. The van der Waals surface area contributed by atoms with Crippen molar-refractivity contribution in [2.45, 2.75) is 38.8 Å². The molecule has 2 heterocycles. The predicted octanol–water partition coefficient (Wildman–Crippen LogP) is 3.13. The van der Waals surface area contributed by atoms with Crippen LogP contribution >= 0.6 is 0 Å². The molecule has 1 N–H and O–H groups in total. The van der Waals surface area contributed by atoms with Crippen molar-refractivity contribution < 1.29 is 13.9 Å². The second kappa shape index (κ2) is 9.69. The number of amides is 1. The van der Waals surface area contributed by atoms with Crippen LogP contribution in [0, 0.1) is 0 Å². The molecule has 0 bridgehead atoms. The lowest BCUT2D eigenvalue weighted by atomic mass is 9.96. The van der Waals surface area contributed by atoms with E-state index in [1.165, 1.54) is 12.7 Å². The highest BCUT2D eigenvalue weighted by Crippen LogP contribution is 2.28. The highest BCUT2D eigenvalue weighted by molar-refractivity contribution is 5.91. The summed E-state index contributed by atoms with van der Waals surface area (Å²) >= 11 is 0. The third-order valence-corrected chi connectivity index (χ3v) is 5.65. The first-order chi connectivity index (χ1) is 14.7. The summed E-state index contributed by atoms with van der Waals surface area (Å²) in [5.41, 5.74) is 1.10. The molecule has 0 spiro atoms. The number of nitrogens with zero attached hydrogens (tertiary/aromatic N) is 3. The summed E-state index contributed by atoms with van der Waals surface area (Å²) in [6, 6.07) is 11.6. The quantitative estimate of drug-likeness (QED) is 0.585. The molecule has 2 fully saturated rings. The number of guanidine groups is 1. The number of furan rings is 1. The van der Waals surface area contributed by atoms with Gasteiger partial charge in [0.1, 0.15) is 5.75 Å². The van der Waals surface area contributed by atoms with Gasteiger partial charge in [-0.05, 0) is 44.4 Å². The molecular weight excluding hydrogens is 380 g/mol. The summed E-state index contributed by atoms with van der Waals surface area (Å²) in [5.74, 6) is 2.16. The molecule has 2 aromatic rings. The minimum absolute atomic E-state index is 0.0522. The molecule has 1 aromatic heterocycles. The SMILES string of the molecule is CCNC(=NCc1ccccc1OC1CCC1)N1CCN(C(=O)c2ccco2)CC1. The van der Waals surface area contributed by atoms with Gasteiger partial charge in [-0.3, -0.25) is 4.79 Å². The van der Waals surface area contributed by atoms with Gasteiger partial charge in [-0.2, -0.15) is 0 Å². The first-order valence-corrected chi connectivity index (χ1v) is 10.8. The van der Waals surface area contributed by atoms with Crippen LogP contribution in [0.3, 0.4) is 0 Å². The zero-order valence-electron chi connectivity index (χ0n) is 17.5. The van der Waals surface area contributed by atoms with Crippen molar-refractivity contribution in [3.05, 3.63) is 54.0 Å². The molecule has 1 aromatic carbocycles. The van der Waals surface area contributed by atoms with Gasteiger partial charge < -0.3 is 24.3 Å². The second-order valence-electron chi connectivity index (χ2n) is 7.71. The molecule has 7 heteroatoms. The van der Waals surface area contributed by atoms with Crippen LogP contribution in [-0.2, 0) is 6.54 Å². The highest BCUT2D eigenvalue weighted by atomic mass is 16.5. The molecule has 1 amide bonds. The molecule has 0 atom stereocenters. The minimum atomic E-state index is -0.0522. The van der Waals surface area contributed by atoms with Crippen molar-refractivity contribution in [2.24, 2.45) is 4.99 Å². The molecule has 1 aliphatic heterocycles. The lowest BCUT2D eigenvalue weighted by molar-refractivity contribution is 0.0657. The van der Waals surface area contributed by atoms with Crippen LogP contribution in [0.2, 0.25) is 0 Å². The monoisotopic (exact) mass is 410 g/mol. The number of hydrogen-bond donors (Lipinski definition) is 1. The van der Waals surface area contributed by atoms with Crippen molar-refractivity contribution in [3.63, 3.8) is 0 Å². The van der Waals surface area contributed by atoms with Crippen LogP contribution < -0.4 is 10.1 Å². The molecule has 7 nitrogen and oxygen atoms in total. The maximum absolute atomic E-state index is 12.5. The normalized spacial score (nSPS) is 17.6. The first-order valence-electron chi connectivity index (χ1n) is 10.8. The molecule has 1 saturated carbocycles. The molecular formula is C23H30N4O3. The Kier molecular flexibility index (Phi) is 6.57. The second-order valence-corrected chi connectivity index (χ2v) is 7.71. The topological polar surface area (TPSA) is 70.3 Å². The van der Waals surface area contributed by atoms with E-state index in [1.54, 1.807) is 12.1 Å². The van der Waals surface area contributed by atoms with Crippen molar-refractivity contribution in [1.82, 2.24) is 15.1 Å². The van der Waals surface area contributed by atoms with Crippen LogP contribution in [0.5, 0.6) is 5.75 Å². The van der Waals surface area contributed by atoms with Gasteiger partial charge in [0.2, 0.25) is 0 Å². The molecule has 1 saturated heterocycles. The molecule has 30 heavy (non-hydrogen) atoms. The fraction of sp³-hybridized carbons (Fsp3) is 0.478. The van der Waals surface area contributed by atoms with Gasteiger partial charge in [-0.1, -0.05) is 18.2 Å². The van der Waals surface area contributed by atoms with Crippen LogP contribution in [0.15, 0.2) is 52.1 Å². The van der Waals surface area contributed by atoms with Crippen LogP contribution in [-0.4, -0.2) is 60.5 Å². The van der Waals surface area contributed by atoms with Crippen LogP contribution in [0.4, 0.5) is 0 Å². The third-order valence-electron chi connectivity index (χ3n) is 5.65. The Morgan fingerprint density at radius 3 is 2.57 bits per heavy atom. The number of para-hydroxylation sites is 1.